The number of urea groups is 1. The fourth-order valence-electron chi connectivity index (χ4n) is 3.56. The molecular formula is C19H25F2N5O3. The lowest BCUT2D eigenvalue weighted by molar-refractivity contribution is -0.0509. The molecule has 2 aromatic rings. The van der Waals surface area contributed by atoms with E-state index in [9.17, 15) is 13.6 Å². The summed E-state index contributed by atoms with van der Waals surface area (Å²) < 4.78 is 40.4. The first kappa shape index (κ1) is 20.0. The summed E-state index contributed by atoms with van der Waals surface area (Å²) in [5.74, 6) is -3.00. The van der Waals surface area contributed by atoms with Gasteiger partial charge in [0.05, 0.1) is 56.0 Å². The summed E-state index contributed by atoms with van der Waals surface area (Å²) in [5, 5.41) is 6.59. The van der Waals surface area contributed by atoms with Crippen LogP contribution in [0.2, 0.25) is 0 Å². The number of carbonyl (C=O) groups is 1. The van der Waals surface area contributed by atoms with Gasteiger partial charge in [-0.2, -0.15) is 5.10 Å². The predicted octanol–water partition coefficient (Wildman–Crippen LogP) is 2.19. The molecule has 3 heterocycles. The SMILES string of the molecule is COC[C@H](c1cnn2cc(C[C@H](C)OC3CC3)nc2c1)N1CC(F)(F)CNC1=O. The number of hydrogen-bond donors (Lipinski definition) is 1. The second kappa shape index (κ2) is 7.83. The highest BCUT2D eigenvalue weighted by molar-refractivity contribution is 5.76. The van der Waals surface area contributed by atoms with E-state index in [1.165, 1.54) is 7.11 Å². The lowest BCUT2D eigenvalue weighted by Crippen LogP contribution is -2.58. The summed E-state index contributed by atoms with van der Waals surface area (Å²) in [5.41, 5.74) is 2.02. The van der Waals surface area contributed by atoms with E-state index >= 15 is 0 Å². The van der Waals surface area contributed by atoms with Crippen molar-refractivity contribution in [1.29, 1.82) is 0 Å². The second-order valence-corrected chi connectivity index (χ2v) is 7.79. The van der Waals surface area contributed by atoms with Gasteiger partial charge in [-0.3, -0.25) is 0 Å². The van der Waals surface area contributed by atoms with Gasteiger partial charge in [-0.05, 0) is 25.8 Å². The molecule has 10 heteroatoms. The molecule has 0 unspecified atom stereocenters. The Hall–Kier alpha value is -2.33. The Balaban J connectivity index is 1.56. The van der Waals surface area contributed by atoms with Crippen molar-refractivity contribution in [3.63, 3.8) is 0 Å². The summed E-state index contributed by atoms with van der Waals surface area (Å²) in [6.07, 6.45) is 6.72. The van der Waals surface area contributed by atoms with Gasteiger partial charge in [0.2, 0.25) is 0 Å². The third-order valence-electron chi connectivity index (χ3n) is 5.08. The van der Waals surface area contributed by atoms with E-state index < -0.39 is 31.1 Å². The second-order valence-electron chi connectivity index (χ2n) is 7.79. The highest BCUT2D eigenvalue weighted by atomic mass is 19.3. The third kappa shape index (κ3) is 4.64. The van der Waals surface area contributed by atoms with Crippen molar-refractivity contribution in [2.75, 3.05) is 26.8 Å². The van der Waals surface area contributed by atoms with Gasteiger partial charge in [0.25, 0.3) is 5.92 Å². The molecule has 2 amide bonds. The van der Waals surface area contributed by atoms with Gasteiger partial charge in [0.15, 0.2) is 5.65 Å². The van der Waals surface area contributed by atoms with E-state index in [-0.39, 0.29) is 12.7 Å². The van der Waals surface area contributed by atoms with Crippen LogP contribution in [0, 0.1) is 0 Å². The van der Waals surface area contributed by atoms with Crippen molar-refractivity contribution in [1.82, 2.24) is 24.8 Å². The van der Waals surface area contributed by atoms with Crippen molar-refractivity contribution in [3.05, 3.63) is 29.7 Å². The fourth-order valence-corrected chi connectivity index (χ4v) is 3.56. The maximum absolute atomic E-state index is 13.9. The maximum Gasteiger partial charge on any atom is 0.318 e. The van der Waals surface area contributed by atoms with Gasteiger partial charge in [-0.1, -0.05) is 0 Å². The van der Waals surface area contributed by atoms with Crippen LogP contribution in [0.25, 0.3) is 5.65 Å². The number of nitrogens with one attached hydrogen (secondary N) is 1. The summed E-state index contributed by atoms with van der Waals surface area (Å²) in [6.45, 7) is 0.754. The zero-order chi connectivity index (χ0) is 20.6. The molecule has 1 aliphatic heterocycles. The van der Waals surface area contributed by atoms with Gasteiger partial charge in [0, 0.05) is 19.1 Å². The Morgan fingerprint density at radius 1 is 1.41 bits per heavy atom. The molecule has 0 aromatic carbocycles. The number of halogens is 2. The first-order chi connectivity index (χ1) is 13.8. The van der Waals surface area contributed by atoms with E-state index in [1.807, 2.05) is 13.1 Å². The molecule has 0 spiro atoms. The summed E-state index contributed by atoms with van der Waals surface area (Å²) >= 11 is 0. The van der Waals surface area contributed by atoms with Crippen molar-refractivity contribution in [2.24, 2.45) is 0 Å². The number of rotatable bonds is 8. The number of aromatic nitrogens is 3. The molecule has 2 fully saturated rings. The average Bonchev–Trinajstić information content (AvgIpc) is 3.38. The van der Waals surface area contributed by atoms with Crippen LogP contribution in [-0.2, 0) is 15.9 Å². The molecule has 158 valence electrons. The van der Waals surface area contributed by atoms with Crippen molar-refractivity contribution in [2.45, 2.75) is 50.4 Å². The molecular weight excluding hydrogens is 384 g/mol. The highest BCUT2D eigenvalue weighted by Gasteiger charge is 2.42. The molecule has 1 N–H and O–H groups in total. The molecule has 2 atom stereocenters. The molecule has 2 aromatic heterocycles. The van der Waals surface area contributed by atoms with Gasteiger partial charge in [-0.15, -0.1) is 0 Å². The normalized spacial score (nSPS) is 21.2. The van der Waals surface area contributed by atoms with Crippen molar-refractivity contribution >= 4 is 11.7 Å². The van der Waals surface area contributed by atoms with E-state index in [1.54, 1.807) is 16.8 Å². The molecule has 4 rings (SSSR count). The average molecular weight is 409 g/mol. The number of amides is 2. The van der Waals surface area contributed by atoms with E-state index in [0.29, 0.717) is 23.7 Å². The Labute approximate surface area is 167 Å². The van der Waals surface area contributed by atoms with Crippen LogP contribution >= 0.6 is 0 Å². The van der Waals surface area contributed by atoms with Crippen LogP contribution in [0.3, 0.4) is 0 Å². The number of ether oxygens (including phenoxy) is 2. The van der Waals surface area contributed by atoms with Crippen LogP contribution in [0.5, 0.6) is 0 Å². The number of fused-ring (bicyclic) bond motifs is 1. The maximum atomic E-state index is 13.9. The summed E-state index contributed by atoms with van der Waals surface area (Å²) in [4.78, 5) is 17.9. The predicted molar refractivity (Wildman–Crippen MR) is 99.9 cm³/mol. The van der Waals surface area contributed by atoms with Crippen LogP contribution in [0.1, 0.15) is 37.1 Å². The van der Waals surface area contributed by atoms with Gasteiger partial charge in [-0.25, -0.2) is 23.1 Å². The summed E-state index contributed by atoms with van der Waals surface area (Å²) in [6, 6.07) is 0.515. The van der Waals surface area contributed by atoms with Gasteiger partial charge >= 0.3 is 6.03 Å². The Morgan fingerprint density at radius 3 is 2.93 bits per heavy atom. The molecule has 8 nitrogen and oxygen atoms in total. The monoisotopic (exact) mass is 409 g/mol. The lowest BCUT2D eigenvalue weighted by Gasteiger charge is -2.38. The molecule has 1 saturated heterocycles. The van der Waals surface area contributed by atoms with Gasteiger partial charge in [0.1, 0.15) is 0 Å². The van der Waals surface area contributed by atoms with Crippen LogP contribution in [0.4, 0.5) is 13.6 Å². The Bertz CT molecular complexity index is 886. The van der Waals surface area contributed by atoms with E-state index in [2.05, 4.69) is 15.4 Å². The van der Waals surface area contributed by atoms with Gasteiger partial charge < -0.3 is 19.7 Å². The number of methoxy groups -OCH3 is 1. The first-order valence-electron chi connectivity index (χ1n) is 9.75. The minimum Gasteiger partial charge on any atom is -0.382 e. The zero-order valence-corrected chi connectivity index (χ0v) is 16.5. The largest absolute Gasteiger partial charge is 0.382 e. The quantitative estimate of drug-likeness (QED) is 0.723. The first-order valence-corrected chi connectivity index (χ1v) is 9.75. The third-order valence-corrected chi connectivity index (χ3v) is 5.08. The number of hydrogen-bond acceptors (Lipinski definition) is 5. The van der Waals surface area contributed by atoms with Crippen molar-refractivity contribution in [3.8, 4) is 0 Å². The molecule has 1 aliphatic carbocycles. The van der Waals surface area contributed by atoms with E-state index in [0.717, 1.165) is 23.4 Å². The fraction of sp³-hybridized carbons (Fsp3) is 0.632. The minimum atomic E-state index is -3.00. The zero-order valence-electron chi connectivity index (χ0n) is 16.5. The van der Waals surface area contributed by atoms with Crippen LogP contribution < -0.4 is 5.32 Å². The number of imidazole rings is 1. The molecule has 29 heavy (non-hydrogen) atoms. The van der Waals surface area contributed by atoms with Crippen molar-refractivity contribution < 1.29 is 23.0 Å². The smallest absolute Gasteiger partial charge is 0.318 e. The van der Waals surface area contributed by atoms with Crippen LogP contribution in [0.15, 0.2) is 18.5 Å². The van der Waals surface area contributed by atoms with Crippen LogP contribution in [-0.4, -0.2) is 70.5 Å². The molecule has 0 bridgehead atoms. The standard InChI is InChI=1S/C19H25F2N5O3/c1-12(29-15-3-4-15)5-14-8-26-17(24-14)6-13(7-23-26)16(9-28-2)25-11-19(20,21)10-22-18(25)27/h6-8,12,15-16H,3-5,9-11H2,1-2H3,(H,22,27)/t12-,16+/m0/s1. The topological polar surface area (TPSA) is 81.0 Å². The number of alkyl halides is 2. The van der Waals surface area contributed by atoms with E-state index in [4.69, 9.17) is 9.47 Å². The minimum absolute atomic E-state index is 0.0624. The number of carbonyl (C=O) groups excluding carboxylic acids is 1. The molecule has 1 saturated carbocycles. The number of nitrogens with zero attached hydrogens (tertiary/aromatic N) is 4. The lowest BCUT2D eigenvalue weighted by atomic mass is 10.1. The molecule has 0 radical (unpaired) electrons. The Morgan fingerprint density at radius 2 is 2.21 bits per heavy atom. The highest BCUT2D eigenvalue weighted by Crippen LogP contribution is 2.29. The summed E-state index contributed by atoms with van der Waals surface area (Å²) in [7, 11) is 1.47. The Kier molecular flexibility index (Phi) is 5.39. The molecule has 2 aliphatic rings.